The second-order valence-electron chi connectivity index (χ2n) is 9.49. The third kappa shape index (κ3) is 6.96. The molecule has 8 heteroatoms. The molecule has 1 aromatic heterocycles. The Morgan fingerprint density at radius 1 is 0.850 bits per heavy atom. The van der Waals surface area contributed by atoms with Gasteiger partial charge in [0.25, 0.3) is 5.91 Å². The largest absolute Gasteiger partial charge is 0.493 e. The summed E-state index contributed by atoms with van der Waals surface area (Å²) in [6.07, 6.45) is 3.51. The van der Waals surface area contributed by atoms with Crippen LogP contribution < -0.4 is 19.7 Å². The number of amides is 2. The SMILES string of the molecule is COc1ccc(C(C(=O)Nc2ccc(N(C)C)cc2)N(Cc2cccnc2)C(=O)Cc2ccccc2)cc1OC. The number of hydrogen-bond donors (Lipinski definition) is 1. The molecule has 0 aliphatic carbocycles. The van der Waals surface area contributed by atoms with Gasteiger partial charge in [-0.3, -0.25) is 14.6 Å². The Morgan fingerprint density at radius 2 is 1.55 bits per heavy atom. The van der Waals surface area contributed by atoms with Gasteiger partial charge in [-0.15, -0.1) is 0 Å². The van der Waals surface area contributed by atoms with Crippen LogP contribution in [0.3, 0.4) is 0 Å². The highest BCUT2D eigenvalue weighted by Crippen LogP contribution is 2.34. The van der Waals surface area contributed by atoms with Crippen LogP contribution in [0.5, 0.6) is 11.5 Å². The quantitative estimate of drug-likeness (QED) is 0.286. The van der Waals surface area contributed by atoms with E-state index in [9.17, 15) is 9.59 Å². The maximum atomic E-state index is 14.1. The predicted octanol–water partition coefficient (Wildman–Crippen LogP) is 5.12. The minimum absolute atomic E-state index is 0.135. The van der Waals surface area contributed by atoms with Crippen molar-refractivity contribution >= 4 is 23.2 Å². The number of hydrogen-bond acceptors (Lipinski definition) is 6. The molecule has 40 heavy (non-hydrogen) atoms. The van der Waals surface area contributed by atoms with E-state index in [1.54, 1.807) is 42.6 Å². The third-order valence-electron chi connectivity index (χ3n) is 6.53. The number of pyridine rings is 1. The van der Waals surface area contributed by atoms with Gasteiger partial charge in [0.1, 0.15) is 6.04 Å². The van der Waals surface area contributed by atoms with Gasteiger partial charge in [0, 0.05) is 44.4 Å². The van der Waals surface area contributed by atoms with Gasteiger partial charge in [-0.2, -0.15) is 0 Å². The van der Waals surface area contributed by atoms with Gasteiger partial charge in [0.15, 0.2) is 11.5 Å². The summed E-state index contributed by atoms with van der Waals surface area (Å²) in [5.41, 5.74) is 3.88. The zero-order chi connectivity index (χ0) is 28.5. The number of methoxy groups -OCH3 is 2. The van der Waals surface area contributed by atoms with Crippen LogP contribution in [-0.2, 0) is 22.6 Å². The maximum absolute atomic E-state index is 14.1. The fourth-order valence-electron chi connectivity index (χ4n) is 4.43. The van der Waals surface area contributed by atoms with Gasteiger partial charge < -0.3 is 24.6 Å². The van der Waals surface area contributed by atoms with Crippen molar-refractivity contribution in [3.63, 3.8) is 0 Å². The molecular formula is C32H34N4O4. The van der Waals surface area contributed by atoms with E-state index >= 15 is 0 Å². The highest BCUT2D eigenvalue weighted by molar-refractivity contribution is 5.98. The molecule has 0 fully saturated rings. The average Bonchev–Trinajstić information content (AvgIpc) is 2.98. The molecule has 206 valence electrons. The van der Waals surface area contributed by atoms with E-state index in [4.69, 9.17) is 9.47 Å². The Kier molecular flexibility index (Phi) is 9.35. The Morgan fingerprint density at radius 3 is 2.17 bits per heavy atom. The number of anilines is 2. The Balaban J connectivity index is 1.77. The summed E-state index contributed by atoms with van der Waals surface area (Å²) in [5.74, 6) is 0.437. The summed E-state index contributed by atoms with van der Waals surface area (Å²) in [4.78, 5) is 35.8. The number of nitrogens with one attached hydrogen (secondary N) is 1. The van der Waals surface area contributed by atoms with Crippen LogP contribution >= 0.6 is 0 Å². The van der Waals surface area contributed by atoms with Crippen LogP contribution in [0.25, 0.3) is 0 Å². The zero-order valence-corrected chi connectivity index (χ0v) is 23.2. The molecule has 8 nitrogen and oxygen atoms in total. The van der Waals surface area contributed by atoms with E-state index in [-0.39, 0.29) is 24.8 Å². The van der Waals surface area contributed by atoms with Crippen molar-refractivity contribution in [2.75, 3.05) is 38.5 Å². The van der Waals surface area contributed by atoms with Crippen molar-refractivity contribution in [1.82, 2.24) is 9.88 Å². The summed E-state index contributed by atoms with van der Waals surface area (Å²) >= 11 is 0. The van der Waals surface area contributed by atoms with Crippen molar-refractivity contribution in [2.45, 2.75) is 19.0 Å². The monoisotopic (exact) mass is 538 g/mol. The standard InChI is InChI=1S/C32H34N4O4/c1-35(2)27-15-13-26(14-16-27)34-32(38)31(25-12-17-28(39-3)29(20-25)40-4)36(22-24-11-8-18-33-21-24)30(37)19-23-9-6-5-7-10-23/h5-18,20-21,31H,19,22H2,1-4H3,(H,34,38). The highest BCUT2D eigenvalue weighted by Gasteiger charge is 2.32. The fourth-order valence-corrected chi connectivity index (χ4v) is 4.43. The van der Waals surface area contributed by atoms with Gasteiger partial charge in [-0.1, -0.05) is 42.5 Å². The molecule has 4 aromatic rings. The number of benzene rings is 3. The van der Waals surface area contributed by atoms with Crippen molar-refractivity contribution in [1.29, 1.82) is 0 Å². The Bertz CT molecular complexity index is 1410. The van der Waals surface area contributed by atoms with Gasteiger partial charge in [0.2, 0.25) is 5.91 Å². The molecule has 1 unspecified atom stereocenters. The molecule has 2 amide bonds. The lowest BCUT2D eigenvalue weighted by Crippen LogP contribution is -2.41. The van der Waals surface area contributed by atoms with E-state index in [1.165, 1.54) is 7.11 Å². The summed E-state index contributed by atoms with van der Waals surface area (Å²) in [6.45, 7) is 0.186. The Hall–Kier alpha value is -4.85. The molecule has 3 aromatic carbocycles. The molecule has 0 saturated heterocycles. The van der Waals surface area contributed by atoms with Crippen LogP contribution in [0.15, 0.2) is 97.3 Å². The van der Waals surface area contributed by atoms with Crippen LogP contribution in [0, 0.1) is 0 Å². The molecule has 4 rings (SSSR count). The van der Waals surface area contributed by atoms with Gasteiger partial charge in [-0.05, 0) is 59.2 Å². The van der Waals surface area contributed by atoms with Crippen molar-refractivity contribution in [2.24, 2.45) is 0 Å². The van der Waals surface area contributed by atoms with Crippen LogP contribution in [0.1, 0.15) is 22.7 Å². The lowest BCUT2D eigenvalue weighted by molar-refractivity contribution is -0.139. The number of carbonyl (C=O) groups is 2. The molecule has 0 aliphatic rings. The highest BCUT2D eigenvalue weighted by atomic mass is 16.5. The van der Waals surface area contributed by atoms with Gasteiger partial charge in [0.05, 0.1) is 20.6 Å². The first kappa shape index (κ1) is 28.2. The third-order valence-corrected chi connectivity index (χ3v) is 6.53. The molecule has 0 radical (unpaired) electrons. The molecule has 0 saturated carbocycles. The van der Waals surface area contributed by atoms with E-state index in [1.807, 2.05) is 85.7 Å². The van der Waals surface area contributed by atoms with Crippen LogP contribution in [0.2, 0.25) is 0 Å². The minimum atomic E-state index is -0.968. The molecule has 1 atom stereocenters. The molecule has 0 aliphatic heterocycles. The second-order valence-corrected chi connectivity index (χ2v) is 9.49. The molecule has 1 N–H and O–H groups in total. The molecule has 1 heterocycles. The van der Waals surface area contributed by atoms with Crippen molar-refractivity contribution in [3.8, 4) is 11.5 Å². The number of aromatic nitrogens is 1. The van der Waals surface area contributed by atoms with E-state index in [0.717, 1.165) is 16.8 Å². The lowest BCUT2D eigenvalue weighted by atomic mass is 10.0. The first-order valence-corrected chi connectivity index (χ1v) is 12.9. The first-order chi connectivity index (χ1) is 19.4. The number of rotatable bonds is 11. The molecule has 0 bridgehead atoms. The number of ether oxygens (including phenoxy) is 2. The minimum Gasteiger partial charge on any atom is -0.493 e. The normalized spacial score (nSPS) is 11.3. The van der Waals surface area contributed by atoms with E-state index in [0.29, 0.717) is 22.7 Å². The summed E-state index contributed by atoms with van der Waals surface area (Å²) in [5, 5.41) is 3.02. The fraction of sp³-hybridized carbons (Fsp3) is 0.219. The number of carbonyl (C=O) groups excluding carboxylic acids is 2. The van der Waals surface area contributed by atoms with E-state index < -0.39 is 6.04 Å². The van der Waals surface area contributed by atoms with E-state index in [2.05, 4.69) is 10.3 Å². The lowest BCUT2D eigenvalue weighted by Gasteiger charge is -2.32. The van der Waals surface area contributed by atoms with Crippen molar-refractivity contribution in [3.05, 3.63) is 114 Å². The smallest absolute Gasteiger partial charge is 0.251 e. The van der Waals surface area contributed by atoms with Crippen LogP contribution in [0.4, 0.5) is 11.4 Å². The van der Waals surface area contributed by atoms with Gasteiger partial charge in [-0.25, -0.2) is 0 Å². The molecular weight excluding hydrogens is 504 g/mol. The predicted molar refractivity (Wildman–Crippen MR) is 157 cm³/mol. The molecule has 0 spiro atoms. The summed E-state index contributed by atoms with van der Waals surface area (Å²) in [6, 6.07) is 25.0. The van der Waals surface area contributed by atoms with Crippen LogP contribution in [-0.4, -0.2) is 50.0 Å². The first-order valence-electron chi connectivity index (χ1n) is 12.9. The summed E-state index contributed by atoms with van der Waals surface area (Å²) < 4.78 is 11.0. The second kappa shape index (κ2) is 13.3. The number of nitrogens with zero attached hydrogens (tertiary/aromatic N) is 3. The van der Waals surface area contributed by atoms with Crippen molar-refractivity contribution < 1.29 is 19.1 Å². The summed E-state index contributed by atoms with van der Waals surface area (Å²) in [7, 11) is 7.00. The zero-order valence-electron chi connectivity index (χ0n) is 23.2. The Labute approximate surface area is 235 Å². The van der Waals surface area contributed by atoms with Gasteiger partial charge >= 0.3 is 0 Å². The topological polar surface area (TPSA) is 84.0 Å². The average molecular weight is 539 g/mol. The maximum Gasteiger partial charge on any atom is 0.251 e.